The van der Waals surface area contributed by atoms with Crippen LogP contribution in [0.5, 0.6) is 5.75 Å². The lowest BCUT2D eigenvalue weighted by Crippen LogP contribution is -2.28. The first kappa shape index (κ1) is 16.3. The van der Waals surface area contributed by atoms with E-state index in [1.165, 1.54) is 11.1 Å². The van der Waals surface area contributed by atoms with Crippen molar-refractivity contribution in [3.05, 3.63) is 71.3 Å². The monoisotopic (exact) mass is 321 g/mol. The molecule has 1 fully saturated rings. The van der Waals surface area contributed by atoms with Crippen LogP contribution in [0, 0.1) is 6.92 Å². The van der Waals surface area contributed by atoms with Gasteiger partial charge < -0.3 is 9.64 Å². The zero-order chi connectivity index (χ0) is 16.9. The van der Waals surface area contributed by atoms with Crippen molar-refractivity contribution >= 4 is 12.0 Å². The maximum atomic E-state index is 12.7. The van der Waals surface area contributed by atoms with Crippen LogP contribution in [-0.2, 0) is 4.79 Å². The van der Waals surface area contributed by atoms with Gasteiger partial charge in [0.1, 0.15) is 5.75 Å². The van der Waals surface area contributed by atoms with Crippen LogP contribution in [0.1, 0.15) is 35.6 Å². The fraction of sp³-hybridized carbons (Fsp3) is 0.286. The van der Waals surface area contributed by atoms with Gasteiger partial charge in [0.2, 0.25) is 5.91 Å². The van der Waals surface area contributed by atoms with E-state index in [4.69, 9.17) is 4.74 Å². The second-order valence-corrected chi connectivity index (χ2v) is 6.15. The average Bonchev–Trinajstić information content (AvgIpc) is 3.10. The minimum Gasteiger partial charge on any atom is -0.497 e. The molecule has 3 heteroatoms. The van der Waals surface area contributed by atoms with E-state index in [9.17, 15) is 4.79 Å². The third-order valence-corrected chi connectivity index (χ3v) is 4.63. The average molecular weight is 321 g/mol. The largest absolute Gasteiger partial charge is 0.497 e. The smallest absolute Gasteiger partial charge is 0.247 e. The Bertz CT molecular complexity index is 734. The molecule has 0 saturated carbocycles. The summed E-state index contributed by atoms with van der Waals surface area (Å²) in [5.41, 5.74) is 3.44. The molecule has 3 rings (SSSR count). The molecule has 24 heavy (non-hydrogen) atoms. The maximum Gasteiger partial charge on any atom is 0.247 e. The minimum atomic E-state index is 0.0802. The minimum absolute atomic E-state index is 0.0802. The Labute approximate surface area is 143 Å². The molecular weight excluding hydrogens is 298 g/mol. The van der Waals surface area contributed by atoms with Gasteiger partial charge in [0.05, 0.1) is 13.2 Å². The van der Waals surface area contributed by atoms with Crippen molar-refractivity contribution in [2.45, 2.75) is 25.8 Å². The predicted molar refractivity (Wildman–Crippen MR) is 96.9 cm³/mol. The van der Waals surface area contributed by atoms with Gasteiger partial charge in [-0.1, -0.05) is 36.4 Å². The molecule has 0 radical (unpaired) electrons. The van der Waals surface area contributed by atoms with Crippen molar-refractivity contribution < 1.29 is 9.53 Å². The molecule has 1 amide bonds. The lowest BCUT2D eigenvalue weighted by atomic mass is 10.0. The molecule has 3 nitrogen and oxygen atoms in total. The van der Waals surface area contributed by atoms with Crippen LogP contribution in [0.2, 0.25) is 0 Å². The first-order valence-corrected chi connectivity index (χ1v) is 8.37. The topological polar surface area (TPSA) is 29.5 Å². The normalized spacial score (nSPS) is 17.4. The number of aryl methyl sites for hydroxylation is 1. The summed E-state index contributed by atoms with van der Waals surface area (Å²) in [6, 6.07) is 16.3. The van der Waals surface area contributed by atoms with E-state index in [1.807, 2.05) is 41.3 Å². The van der Waals surface area contributed by atoms with E-state index in [2.05, 4.69) is 25.1 Å². The number of amides is 1. The molecule has 1 saturated heterocycles. The third-order valence-electron chi connectivity index (χ3n) is 4.63. The molecule has 1 atom stereocenters. The number of rotatable bonds is 4. The molecule has 0 bridgehead atoms. The Kier molecular flexibility index (Phi) is 4.99. The lowest BCUT2D eigenvalue weighted by Gasteiger charge is -2.24. The molecule has 2 aromatic carbocycles. The zero-order valence-electron chi connectivity index (χ0n) is 14.2. The number of hydrogen-bond donors (Lipinski definition) is 0. The van der Waals surface area contributed by atoms with Crippen LogP contribution in [0.4, 0.5) is 0 Å². The Balaban J connectivity index is 1.74. The fourth-order valence-electron chi connectivity index (χ4n) is 3.23. The van der Waals surface area contributed by atoms with E-state index < -0.39 is 0 Å². The number of carbonyl (C=O) groups is 1. The standard InChI is InChI=1S/C21H23NO2/c1-16-6-3-4-7-17(16)11-14-21(23)22-15-5-8-20(22)18-9-12-19(24-2)13-10-18/h3-4,6-7,9-14,20H,5,8,15H2,1-2H3. The Morgan fingerprint density at radius 3 is 2.62 bits per heavy atom. The van der Waals surface area contributed by atoms with Gasteiger partial charge in [-0.05, 0) is 54.7 Å². The molecule has 0 N–H and O–H groups in total. The summed E-state index contributed by atoms with van der Waals surface area (Å²) in [6.45, 7) is 2.87. The molecule has 1 aliphatic rings. The molecule has 124 valence electrons. The zero-order valence-corrected chi connectivity index (χ0v) is 14.2. The van der Waals surface area contributed by atoms with E-state index in [1.54, 1.807) is 13.2 Å². The Hall–Kier alpha value is -2.55. The highest BCUT2D eigenvalue weighted by Gasteiger charge is 2.28. The molecule has 1 heterocycles. The fourth-order valence-corrected chi connectivity index (χ4v) is 3.23. The first-order valence-electron chi connectivity index (χ1n) is 8.37. The summed E-state index contributed by atoms with van der Waals surface area (Å²) in [5.74, 6) is 0.922. The second kappa shape index (κ2) is 7.35. The van der Waals surface area contributed by atoms with Crippen molar-refractivity contribution in [3.8, 4) is 5.75 Å². The van der Waals surface area contributed by atoms with Gasteiger partial charge in [-0.25, -0.2) is 0 Å². The summed E-state index contributed by atoms with van der Waals surface area (Å²) in [7, 11) is 1.66. The van der Waals surface area contributed by atoms with E-state index in [-0.39, 0.29) is 11.9 Å². The van der Waals surface area contributed by atoms with Crippen LogP contribution in [0.25, 0.3) is 6.08 Å². The van der Waals surface area contributed by atoms with Crippen LogP contribution in [0.3, 0.4) is 0 Å². The third kappa shape index (κ3) is 3.51. The molecule has 2 aromatic rings. The van der Waals surface area contributed by atoms with E-state index in [0.717, 1.165) is 30.7 Å². The summed E-state index contributed by atoms with van der Waals surface area (Å²) in [6.07, 6.45) is 5.67. The first-order chi connectivity index (χ1) is 11.7. The lowest BCUT2D eigenvalue weighted by molar-refractivity contribution is -0.126. The Morgan fingerprint density at radius 2 is 1.92 bits per heavy atom. The van der Waals surface area contributed by atoms with Crippen molar-refractivity contribution in [2.75, 3.05) is 13.7 Å². The summed E-state index contributed by atoms with van der Waals surface area (Å²) in [4.78, 5) is 14.6. The molecule has 0 aromatic heterocycles. The van der Waals surface area contributed by atoms with Gasteiger partial charge in [-0.3, -0.25) is 4.79 Å². The Morgan fingerprint density at radius 1 is 1.17 bits per heavy atom. The highest BCUT2D eigenvalue weighted by atomic mass is 16.5. The van der Waals surface area contributed by atoms with Crippen LogP contribution < -0.4 is 4.74 Å². The highest BCUT2D eigenvalue weighted by molar-refractivity contribution is 5.92. The van der Waals surface area contributed by atoms with Gasteiger partial charge in [0.25, 0.3) is 0 Å². The van der Waals surface area contributed by atoms with Gasteiger partial charge >= 0.3 is 0 Å². The van der Waals surface area contributed by atoms with Crippen LogP contribution in [0.15, 0.2) is 54.6 Å². The number of benzene rings is 2. The molecular formula is C21H23NO2. The summed E-state index contributed by atoms with van der Waals surface area (Å²) < 4.78 is 5.21. The summed E-state index contributed by atoms with van der Waals surface area (Å²) >= 11 is 0. The molecule has 1 unspecified atom stereocenters. The number of hydrogen-bond acceptors (Lipinski definition) is 2. The van der Waals surface area contributed by atoms with Crippen molar-refractivity contribution in [3.63, 3.8) is 0 Å². The van der Waals surface area contributed by atoms with Crippen molar-refractivity contribution in [2.24, 2.45) is 0 Å². The predicted octanol–water partition coefficient (Wildman–Crippen LogP) is 4.38. The molecule has 0 aliphatic carbocycles. The molecule has 1 aliphatic heterocycles. The number of nitrogens with zero attached hydrogens (tertiary/aromatic N) is 1. The van der Waals surface area contributed by atoms with Crippen molar-refractivity contribution in [1.29, 1.82) is 0 Å². The number of methoxy groups -OCH3 is 1. The number of carbonyl (C=O) groups excluding carboxylic acids is 1. The highest BCUT2D eigenvalue weighted by Crippen LogP contribution is 2.33. The second-order valence-electron chi connectivity index (χ2n) is 6.15. The number of ether oxygens (including phenoxy) is 1. The number of likely N-dealkylation sites (tertiary alicyclic amines) is 1. The van der Waals surface area contributed by atoms with E-state index >= 15 is 0 Å². The van der Waals surface area contributed by atoms with E-state index in [0.29, 0.717) is 0 Å². The van der Waals surface area contributed by atoms with Gasteiger partial charge in [0.15, 0.2) is 0 Å². The van der Waals surface area contributed by atoms with Crippen molar-refractivity contribution in [1.82, 2.24) is 4.90 Å². The van der Waals surface area contributed by atoms with Gasteiger partial charge in [-0.2, -0.15) is 0 Å². The summed E-state index contributed by atoms with van der Waals surface area (Å²) in [5, 5.41) is 0. The molecule has 0 spiro atoms. The SMILES string of the molecule is COc1ccc(C2CCCN2C(=O)C=Cc2ccccc2C)cc1. The van der Waals surface area contributed by atoms with Crippen LogP contribution in [-0.4, -0.2) is 24.5 Å². The van der Waals surface area contributed by atoms with Gasteiger partial charge in [0, 0.05) is 12.6 Å². The quantitative estimate of drug-likeness (QED) is 0.782. The maximum absolute atomic E-state index is 12.7. The van der Waals surface area contributed by atoms with Crippen LogP contribution >= 0.6 is 0 Å². The van der Waals surface area contributed by atoms with Gasteiger partial charge in [-0.15, -0.1) is 0 Å².